The third-order valence-electron chi connectivity index (χ3n) is 4.64. The Morgan fingerprint density at radius 1 is 1.26 bits per heavy atom. The Bertz CT molecular complexity index is 385. The summed E-state index contributed by atoms with van der Waals surface area (Å²) in [6.45, 7) is 7.71. The summed E-state index contributed by atoms with van der Waals surface area (Å²) in [5.74, 6) is -0.134. The van der Waals surface area contributed by atoms with E-state index in [0.29, 0.717) is 25.4 Å². The van der Waals surface area contributed by atoms with E-state index < -0.39 is 11.4 Å². The number of carbonyl (C=O) groups excluding carboxylic acids is 1. The zero-order valence-corrected chi connectivity index (χ0v) is 12.1. The highest BCUT2D eigenvalue weighted by atomic mass is 16.4. The van der Waals surface area contributed by atoms with Gasteiger partial charge in [-0.05, 0) is 39.0 Å². The van der Waals surface area contributed by atoms with Crippen molar-refractivity contribution in [2.45, 2.75) is 46.1 Å². The average molecular weight is 268 g/mol. The van der Waals surface area contributed by atoms with E-state index in [2.05, 4.69) is 13.8 Å². The van der Waals surface area contributed by atoms with E-state index in [-0.39, 0.29) is 12.1 Å². The molecule has 1 N–H and O–H groups in total. The topological polar surface area (TPSA) is 60.9 Å². The molecule has 2 heterocycles. The number of likely N-dealkylation sites (tertiary alicyclic amines) is 2. The standard InChI is InChI=1S/C14H24N2O3/c1-10-4-6-16(11(2)8-10)13(19)15-7-5-14(3,9-15)12(17)18/h10-11H,4-9H2,1-3H3,(H,17,18). The first-order valence-electron chi connectivity index (χ1n) is 7.12. The minimum absolute atomic E-state index is 0.0179. The third kappa shape index (κ3) is 2.69. The van der Waals surface area contributed by atoms with Crippen LogP contribution in [0.25, 0.3) is 0 Å². The van der Waals surface area contributed by atoms with Crippen LogP contribution in [0.4, 0.5) is 4.79 Å². The van der Waals surface area contributed by atoms with Gasteiger partial charge >= 0.3 is 12.0 Å². The normalized spacial score (nSPS) is 35.5. The van der Waals surface area contributed by atoms with Gasteiger partial charge in [0.2, 0.25) is 0 Å². The molecule has 2 fully saturated rings. The number of piperidine rings is 1. The summed E-state index contributed by atoms with van der Waals surface area (Å²) in [6.07, 6.45) is 2.63. The number of aliphatic carboxylic acids is 1. The van der Waals surface area contributed by atoms with Gasteiger partial charge in [-0.3, -0.25) is 4.79 Å². The van der Waals surface area contributed by atoms with Gasteiger partial charge in [0, 0.05) is 25.7 Å². The number of urea groups is 1. The van der Waals surface area contributed by atoms with E-state index in [4.69, 9.17) is 0 Å². The number of carbonyl (C=O) groups is 2. The first kappa shape index (κ1) is 14.2. The summed E-state index contributed by atoms with van der Waals surface area (Å²) in [4.78, 5) is 27.3. The van der Waals surface area contributed by atoms with Crippen molar-refractivity contribution in [2.24, 2.45) is 11.3 Å². The van der Waals surface area contributed by atoms with Gasteiger partial charge in [0.25, 0.3) is 0 Å². The van der Waals surface area contributed by atoms with Crippen LogP contribution in [0.3, 0.4) is 0 Å². The fourth-order valence-corrected chi connectivity index (χ4v) is 3.17. The van der Waals surface area contributed by atoms with E-state index in [1.54, 1.807) is 11.8 Å². The Hall–Kier alpha value is -1.26. The van der Waals surface area contributed by atoms with E-state index in [1.807, 2.05) is 4.90 Å². The van der Waals surface area contributed by atoms with Gasteiger partial charge in [-0.1, -0.05) is 6.92 Å². The maximum atomic E-state index is 12.5. The second-order valence-electron chi connectivity index (χ2n) is 6.49. The van der Waals surface area contributed by atoms with Crippen molar-refractivity contribution in [2.75, 3.05) is 19.6 Å². The third-order valence-corrected chi connectivity index (χ3v) is 4.64. The van der Waals surface area contributed by atoms with Crippen molar-refractivity contribution in [3.63, 3.8) is 0 Å². The smallest absolute Gasteiger partial charge is 0.320 e. The number of amides is 2. The lowest BCUT2D eigenvalue weighted by atomic mass is 9.90. The monoisotopic (exact) mass is 268 g/mol. The molecular weight excluding hydrogens is 244 g/mol. The van der Waals surface area contributed by atoms with Crippen LogP contribution in [-0.2, 0) is 4.79 Å². The maximum absolute atomic E-state index is 12.5. The molecule has 2 saturated heterocycles. The lowest BCUT2D eigenvalue weighted by molar-refractivity contribution is -0.147. The molecule has 2 amide bonds. The summed E-state index contributed by atoms with van der Waals surface area (Å²) in [6, 6.07) is 0.275. The van der Waals surface area contributed by atoms with Crippen LogP contribution >= 0.6 is 0 Å². The van der Waals surface area contributed by atoms with Crippen LogP contribution in [0.15, 0.2) is 0 Å². The maximum Gasteiger partial charge on any atom is 0.320 e. The summed E-state index contributed by atoms with van der Waals surface area (Å²) >= 11 is 0. The molecule has 0 saturated carbocycles. The Morgan fingerprint density at radius 3 is 2.47 bits per heavy atom. The van der Waals surface area contributed by atoms with Crippen molar-refractivity contribution in [3.8, 4) is 0 Å². The van der Waals surface area contributed by atoms with Crippen LogP contribution in [0.5, 0.6) is 0 Å². The molecule has 5 nitrogen and oxygen atoms in total. The van der Waals surface area contributed by atoms with E-state index in [1.165, 1.54) is 0 Å². The molecule has 3 atom stereocenters. The van der Waals surface area contributed by atoms with Crippen LogP contribution < -0.4 is 0 Å². The van der Waals surface area contributed by atoms with Crippen molar-refractivity contribution in [1.29, 1.82) is 0 Å². The second-order valence-corrected chi connectivity index (χ2v) is 6.49. The molecule has 2 rings (SSSR count). The SMILES string of the molecule is CC1CCN(C(=O)N2CCC(C)(C(=O)O)C2)C(C)C1. The lowest BCUT2D eigenvalue weighted by Gasteiger charge is -2.38. The molecule has 2 aliphatic heterocycles. The lowest BCUT2D eigenvalue weighted by Crippen LogP contribution is -2.50. The highest BCUT2D eigenvalue weighted by Gasteiger charge is 2.43. The average Bonchev–Trinajstić information content (AvgIpc) is 2.73. The summed E-state index contributed by atoms with van der Waals surface area (Å²) in [5, 5.41) is 9.22. The first-order chi connectivity index (χ1) is 8.83. The molecule has 0 aromatic heterocycles. The van der Waals surface area contributed by atoms with Gasteiger partial charge in [-0.2, -0.15) is 0 Å². The molecule has 0 aliphatic carbocycles. The molecule has 19 heavy (non-hydrogen) atoms. The Kier molecular flexibility index (Phi) is 3.74. The predicted molar refractivity (Wildman–Crippen MR) is 71.9 cm³/mol. The Morgan fingerprint density at radius 2 is 1.95 bits per heavy atom. The van der Waals surface area contributed by atoms with Crippen molar-refractivity contribution < 1.29 is 14.7 Å². The highest BCUT2D eigenvalue weighted by molar-refractivity contribution is 5.79. The fourth-order valence-electron chi connectivity index (χ4n) is 3.17. The van der Waals surface area contributed by atoms with Gasteiger partial charge in [-0.15, -0.1) is 0 Å². The molecule has 2 aliphatic rings. The minimum atomic E-state index is -0.803. The van der Waals surface area contributed by atoms with Crippen LogP contribution in [0, 0.1) is 11.3 Å². The molecule has 0 aromatic rings. The number of hydrogen-bond donors (Lipinski definition) is 1. The molecular formula is C14H24N2O3. The zero-order valence-electron chi connectivity index (χ0n) is 12.1. The van der Waals surface area contributed by atoms with Crippen LogP contribution in [0.1, 0.15) is 40.0 Å². The largest absolute Gasteiger partial charge is 0.481 e. The predicted octanol–water partition coefficient (Wildman–Crippen LogP) is 2.02. The van der Waals surface area contributed by atoms with Crippen molar-refractivity contribution in [1.82, 2.24) is 9.80 Å². The quantitative estimate of drug-likeness (QED) is 0.791. The van der Waals surface area contributed by atoms with Crippen LogP contribution in [-0.4, -0.2) is 52.6 Å². The number of hydrogen-bond acceptors (Lipinski definition) is 2. The summed E-state index contributed by atoms with van der Waals surface area (Å²) < 4.78 is 0. The van der Waals surface area contributed by atoms with Gasteiger partial charge in [-0.25, -0.2) is 4.79 Å². The summed E-state index contributed by atoms with van der Waals surface area (Å²) in [7, 11) is 0. The Labute approximate surface area is 114 Å². The molecule has 108 valence electrons. The zero-order chi connectivity index (χ0) is 14.2. The fraction of sp³-hybridized carbons (Fsp3) is 0.857. The molecule has 3 unspecified atom stereocenters. The van der Waals surface area contributed by atoms with Gasteiger partial charge in [0.15, 0.2) is 0 Å². The molecule has 0 aromatic carbocycles. The van der Waals surface area contributed by atoms with Gasteiger partial charge in [0.05, 0.1) is 5.41 Å². The number of carboxylic acids is 1. The highest BCUT2D eigenvalue weighted by Crippen LogP contribution is 2.32. The van der Waals surface area contributed by atoms with Crippen LogP contribution in [0.2, 0.25) is 0 Å². The van der Waals surface area contributed by atoms with Gasteiger partial charge < -0.3 is 14.9 Å². The van der Waals surface area contributed by atoms with E-state index in [9.17, 15) is 14.7 Å². The van der Waals surface area contributed by atoms with E-state index in [0.717, 1.165) is 19.4 Å². The molecule has 0 radical (unpaired) electrons. The Balaban J connectivity index is 2.00. The molecule has 0 bridgehead atoms. The van der Waals surface area contributed by atoms with Crippen molar-refractivity contribution >= 4 is 12.0 Å². The number of rotatable bonds is 1. The summed E-state index contributed by atoms with van der Waals surface area (Å²) in [5.41, 5.74) is -0.776. The van der Waals surface area contributed by atoms with Crippen molar-refractivity contribution in [3.05, 3.63) is 0 Å². The molecule has 0 spiro atoms. The van der Waals surface area contributed by atoms with Gasteiger partial charge in [0.1, 0.15) is 0 Å². The first-order valence-corrected chi connectivity index (χ1v) is 7.12. The van der Waals surface area contributed by atoms with E-state index >= 15 is 0 Å². The minimum Gasteiger partial charge on any atom is -0.481 e. The number of nitrogens with zero attached hydrogens (tertiary/aromatic N) is 2. The molecule has 5 heteroatoms. The number of carboxylic acid groups (broad SMARTS) is 1. The second kappa shape index (κ2) is 5.02.